The molecule has 11 rings (SSSR count). The predicted molar refractivity (Wildman–Crippen MR) is 289 cm³/mol. The van der Waals surface area contributed by atoms with Crippen LogP contribution in [0.15, 0.2) is 156 Å². The second-order valence-corrected chi connectivity index (χ2v) is 25.8. The number of pyridine rings is 1. The van der Waals surface area contributed by atoms with Gasteiger partial charge in [0.05, 0.1) is 30.5 Å². The van der Waals surface area contributed by atoms with Gasteiger partial charge in [0, 0.05) is 44.2 Å². The Morgan fingerprint density at radius 3 is 2.04 bits per heavy atom. The Bertz CT molecular complexity index is 3530. The van der Waals surface area contributed by atoms with Gasteiger partial charge in [0.2, 0.25) is 0 Å². The monoisotopic (exact) mass is 1100 g/mol. The molecule has 0 unspecified atom stereocenters. The van der Waals surface area contributed by atoms with Crippen molar-refractivity contribution in [1.29, 1.82) is 0 Å². The predicted octanol–water partition coefficient (Wildman–Crippen LogP) is 16.8. The van der Waals surface area contributed by atoms with Crippen LogP contribution in [-0.4, -0.2) is 22.6 Å². The Labute approximate surface area is 424 Å². The maximum atomic E-state index is 8.44. The molecule has 7 aromatic carbocycles. The number of benzene rings is 7. The van der Waals surface area contributed by atoms with Gasteiger partial charge in [-0.25, -0.2) is 0 Å². The second-order valence-electron chi connectivity index (χ2n) is 20.8. The number of hydrogen-bond donors (Lipinski definition) is 0. The number of nitrogens with zero attached hydrogens (tertiary/aromatic N) is 3. The van der Waals surface area contributed by atoms with Gasteiger partial charge in [-0.2, -0.15) is 0 Å². The summed E-state index contributed by atoms with van der Waals surface area (Å²) in [5.74, 6) is 0.800. The van der Waals surface area contributed by atoms with Crippen molar-refractivity contribution < 1.29 is 25.9 Å². The van der Waals surface area contributed by atoms with Crippen LogP contribution < -0.4 is 5.19 Å². The van der Waals surface area contributed by atoms with E-state index in [1.54, 1.807) is 0 Å². The molecule has 10 aromatic rings. The van der Waals surface area contributed by atoms with E-state index in [2.05, 4.69) is 204 Å². The molecule has 0 amide bonds. The minimum atomic E-state index is -1.50. The van der Waals surface area contributed by atoms with Gasteiger partial charge >= 0.3 is 0 Å². The topological polar surface area (TPSA) is 43.9 Å². The van der Waals surface area contributed by atoms with Crippen LogP contribution in [0.25, 0.3) is 83.6 Å². The van der Waals surface area contributed by atoms with Crippen molar-refractivity contribution in [3.8, 4) is 50.6 Å². The smallest absolute Gasteiger partial charge is 0.121 e. The average Bonchev–Trinajstić information content (AvgIpc) is 3.98. The largest absolute Gasteiger partial charge is 0.501 e. The van der Waals surface area contributed by atoms with E-state index < -0.39 is 14.0 Å². The number of furan rings is 1. The fourth-order valence-electron chi connectivity index (χ4n) is 10.5. The number of hydrogen-bond acceptors (Lipinski definition) is 3. The van der Waals surface area contributed by atoms with Crippen LogP contribution in [0.1, 0.15) is 102 Å². The molecule has 349 valence electrons. The van der Waals surface area contributed by atoms with Crippen LogP contribution in [0, 0.1) is 12.1 Å². The van der Waals surface area contributed by atoms with Crippen molar-refractivity contribution in [2.24, 2.45) is 0 Å². The zero-order valence-corrected chi connectivity index (χ0v) is 45.1. The second kappa shape index (κ2) is 18.6. The Morgan fingerprint density at radius 2 is 1.36 bits per heavy atom. The zero-order chi connectivity index (χ0) is 48.6. The molecule has 0 aliphatic heterocycles. The third kappa shape index (κ3) is 8.45. The number of imidazole rings is 1. The van der Waals surface area contributed by atoms with Crippen LogP contribution >= 0.6 is 0 Å². The van der Waals surface area contributed by atoms with E-state index in [-0.39, 0.29) is 37.4 Å². The quantitative estimate of drug-likeness (QED) is 0.112. The van der Waals surface area contributed by atoms with E-state index >= 15 is 0 Å². The fraction of sp³-hybridized carbons (Fsp3) is 0.238. The molecule has 0 bridgehead atoms. The summed E-state index contributed by atoms with van der Waals surface area (Å²) in [6.07, 6.45) is 1.98. The van der Waals surface area contributed by atoms with Crippen molar-refractivity contribution in [3.63, 3.8) is 0 Å². The van der Waals surface area contributed by atoms with E-state index in [1.807, 2.05) is 44.3 Å². The first-order valence-electron chi connectivity index (χ1n) is 24.6. The Balaban J connectivity index is 0.000000244. The van der Waals surface area contributed by atoms with Crippen LogP contribution in [-0.2, 0) is 25.5 Å². The summed E-state index contributed by atoms with van der Waals surface area (Å²) in [5, 5.41) is 3.56. The van der Waals surface area contributed by atoms with Crippen molar-refractivity contribution >= 4 is 46.2 Å². The molecule has 0 saturated heterocycles. The SMILES string of the molecule is CC(C)c1cc(-c2ccccc2)cc(C(C)C)c1-n1c(-c2[c-]ccc3c2oc2ccc4c(c23)C(C)(C)c2ccccc2-4)nc2ccccc21.[2H]C(C)(C)c1cc(-c2[c-]cccc2)ncc1[Si](C)(C)C.[Ir]. The molecular weight excluding hydrogens is 1040 g/mol. The zero-order valence-electron chi connectivity index (χ0n) is 42.7. The van der Waals surface area contributed by atoms with E-state index in [9.17, 15) is 0 Å². The molecule has 3 aromatic heterocycles. The first-order chi connectivity index (χ1) is 32.9. The minimum Gasteiger partial charge on any atom is -0.501 e. The van der Waals surface area contributed by atoms with Crippen molar-refractivity contribution in [3.05, 3.63) is 192 Å². The van der Waals surface area contributed by atoms with Crippen LogP contribution in [0.5, 0.6) is 0 Å². The number of fused-ring (bicyclic) bond motifs is 8. The van der Waals surface area contributed by atoms with Crippen molar-refractivity contribution in [2.75, 3.05) is 0 Å². The molecule has 6 heteroatoms. The van der Waals surface area contributed by atoms with Crippen molar-refractivity contribution in [1.82, 2.24) is 14.5 Å². The van der Waals surface area contributed by atoms with Gasteiger partial charge in [0.25, 0.3) is 0 Å². The summed E-state index contributed by atoms with van der Waals surface area (Å²) in [7, 11) is -1.50. The van der Waals surface area contributed by atoms with Gasteiger partial charge in [-0.15, -0.1) is 54.1 Å². The third-order valence-corrected chi connectivity index (χ3v) is 15.9. The molecule has 69 heavy (non-hydrogen) atoms. The van der Waals surface area contributed by atoms with Gasteiger partial charge < -0.3 is 14.0 Å². The molecule has 0 fully saturated rings. The average molecular weight is 1100 g/mol. The van der Waals surface area contributed by atoms with E-state index in [4.69, 9.17) is 10.8 Å². The third-order valence-electron chi connectivity index (χ3n) is 13.9. The van der Waals surface area contributed by atoms with Crippen LogP contribution in [0.3, 0.4) is 0 Å². The molecule has 0 spiro atoms. The van der Waals surface area contributed by atoms with E-state index in [1.165, 1.54) is 60.8 Å². The Hall–Kier alpha value is -6.17. The van der Waals surface area contributed by atoms with Gasteiger partial charge in [-0.05, 0) is 103 Å². The summed E-state index contributed by atoms with van der Waals surface area (Å²) in [6, 6.07) is 58.2. The summed E-state index contributed by atoms with van der Waals surface area (Å²) in [4.78, 5) is 9.98. The maximum absolute atomic E-state index is 8.44. The first kappa shape index (κ1) is 46.6. The maximum Gasteiger partial charge on any atom is 0.121 e. The van der Waals surface area contributed by atoms with Crippen LogP contribution in [0.4, 0.5) is 0 Å². The molecule has 0 saturated carbocycles. The van der Waals surface area contributed by atoms with Gasteiger partial charge in [-0.1, -0.05) is 170 Å². The normalized spacial score (nSPS) is 13.3. The molecular formula is C63H61IrN3OSi-2. The number of para-hydroxylation sites is 2. The van der Waals surface area contributed by atoms with E-state index in [0.29, 0.717) is 0 Å². The summed E-state index contributed by atoms with van der Waals surface area (Å²) in [6.45, 7) is 24.7. The first-order valence-corrected chi connectivity index (χ1v) is 27.6. The standard InChI is InChI=1S/C46H39N2O.C17H22NSi.Ir/c1-27(2)35-25-30(29-15-8-7-9-16-29)26-36(28(3)4)43(35)48-39-22-13-12-21-38(39)47-45(48)34-19-14-18-33-41-40(49-44(33)34)24-23-32-31-17-10-11-20-37(31)46(5,6)42(32)41;1-13(2)15-11-16(14-9-7-6-8-10-14)18-12-17(15)19(3,4)5;/h7-18,20-28H,1-6H3;6-9,11-13H,1-5H3;/q2*-1;/i;13D;. The van der Waals surface area contributed by atoms with E-state index in [0.717, 1.165) is 55.8 Å². The Kier molecular flexibility index (Phi) is 12.6. The van der Waals surface area contributed by atoms with Gasteiger partial charge in [-0.3, -0.25) is 4.98 Å². The molecule has 1 aliphatic rings. The molecule has 0 N–H and O–H groups in total. The summed E-state index contributed by atoms with van der Waals surface area (Å²) < 4.78 is 17.7. The number of aromatic nitrogens is 3. The summed E-state index contributed by atoms with van der Waals surface area (Å²) >= 11 is 0. The summed E-state index contributed by atoms with van der Waals surface area (Å²) in [5.41, 5.74) is 19.0. The fourth-order valence-corrected chi connectivity index (χ4v) is 12.1. The van der Waals surface area contributed by atoms with Crippen molar-refractivity contribution in [2.45, 2.75) is 98.2 Å². The molecule has 1 radical (unpaired) electrons. The number of rotatable bonds is 8. The molecule has 1 aliphatic carbocycles. The van der Waals surface area contributed by atoms with Gasteiger partial charge in [0.1, 0.15) is 5.58 Å². The van der Waals surface area contributed by atoms with Crippen LogP contribution in [0.2, 0.25) is 19.6 Å². The Morgan fingerprint density at radius 1 is 0.681 bits per heavy atom. The molecule has 0 atom stereocenters. The molecule has 3 heterocycles. The minimum absolute atomic E-state index is 0. The molecule has 4 nitrogen and oxygen atoms in total. The van der Waals surface area contributed by atoms with Gasteiger partial charge in [0.15, 0.2) is 0 Å².